The largest absolute Gasteiger partial charge is 0.466 e. The Labute approximate surface area is 312 Å². The summed E-state index contributed by atoms with van der Waals surface area (Å²) in [6, 6.07) is 0. The van der Waals surface area contributed by atoms with Crippen molar-refractivity contribution in [2.24, 2.45) is 5.92 Å². The number of hydrogen-bond acceptors (Lipinski definition) is 5. The Morgan fingerprint density at radius 1 is 0.420 bits per heavy atom. The standard InChI is InChI=1S/C45H88O5/c1-4-7-10-13-16-17-18-24-32-41-49-44(47)37-31-25-27-34-42(39-40-46)33-26-20-19-23-30-38-45(48)50-43(35-28-21-14-11-8-5-2)36-29-22-15-12-9-6-3/h42-43,46H,4-41H2,1-3H3. The van der Waals surface area contributed by atoms with Gasteiger partial charge in [0.05, 0.1) is 6.61 Å². The van der Waals surface area contributed by atoms with Crippen LogP contribution in [-0.2, 0) is 19.1 Å². The second kappa shape index (κ2) is 40.7. The maximum atomic E-state index is 12.7. The van der Waals surface area contributed by atoms with Crippen molar-refractivity contribution in [3.05, 3.63) is 0 Å². The lowest BCUT2D eigenvalue weighted by atomic mass is 9.92. The monoisotopic (exact) mass is 709 g/mol. The zero-order valence-corrected chi connectivity index (χ0v) is 34.1. The van der Waals surface area contributed by atoms with Crippen molar-refractivity contribution < 1.29 is 24.2 Å². The lowest BCUT2D eigenvalue weighted by Gasteiger charge is -2.18. The summed E-state index contributed by atoms with van der Waals surface area (Å²) in [5, 5.41) is 9.57. The molecule has 0 aliphatic carbocycles. The molecule has 0 aromatic carbocycles. The van der Waals surface area contributed by atoms with E-state index in [2.05, 4.69) is 20.8 Å². The van der Waals surface area contributed by atoms with Gasteiger partial charge in [-0.05, 0) is 57.3 Å². The van der Waals surface area contributed by atoms with Crippen LogP contribution in [0.4, 0.5) is 0 Å². The topological polar surface area (TPSA) is 72.8 Å². The molecule has 0 bridgehead atoms. The summed E-state index contributed by atoms with van der Waals surface area (Å²) in [6.07, 6.45) is 42.0. The van der Waals surface area contributed by atoms with Crippen LogP contribution >= 0.6 is 0 Å². The number of carbonyl (C=O) groups is 2. The molecule has 0 aliphatic heterocycles. The fourth-order valence-corrected chi connectivity index (χ4v) is 7.21. The SMILES string of the molecule is CCCCCCCCCCCOC(=O)CCCCCC(CCO)CCCCCCCC(=O)OC(CCCCCCCC)CCCCCCCC. The lowest BCUT2D eigenvalue weighted by Crippen LogP contribution is -2.18. The summed E-state index contributed by atoms with van der Waals surface area (Å²) in [5.41, 5.74) is 0. The molecule has 0 spiro atoms. The first-order valence-electron chi connectivity index (χ1n) is 22.5. The molecule has 0 aromatic heterocycles. The minimum absolute atomic E-state index is 0.0158. The van der Waals surface area contributed by atoms with Gasteiger partial charge in [-0.2, -0.15) is 0 Å². The van der Waals surface area contributed by atoms with E-state index < -0.39 is 0 Å². The first kappa shape index (κ1) is 48.9. The maximum absolute atomic E-state index is 12.7. The van der Waals surface area contributed by atoms with Crippen molar-refractivity contribution in [2.75, 3.05) is 13.2 Å². The Kier molecular flexibility index (Phi) is 39.8. The third-order valence-corrected chi connectivity index (χ3v) is 10.6. The molecule has 5 nitrogen and oxygen atoms in total. The Morgan fingerprint density at radius 3 is 1.24 bits per heavy atom. The second-order valence-corrected chi connectivity index (χ2v) is 15.6. The van der Waals surface area contributed by atoms with Gasteiger partial charge in [-0.25, -0.2) is 0 Å². The van der Waals surface area contributed by atoms with Crippen LogP contribution in [0.2, 0.25) is 0 Å². The molecule has 0 radical (unpaired) electrons. The Hall–Kier alpha value is -1.10. The van der Waals surface area contributed by atoms with Gasteiger partial charge in [-0.1, -0.05) is 188 Å². The van der Waals surface area contributed by atoms with Crippen molar-refractivity contribution >= 4 is 11.9 Å². The molecule has 0 saturated heterocycles. The van der Waals surface area contributed by atoms with Crippen LogP contribution in [0.5, 0.6) is 0 Å². The van der Waals surface area contributed by atoms with E-state index in [1.54, 1.807) is 0 Å². The lowest BCUT2D eigenvalue weighted by molar-refractivity contribution is -0.150. The van der Waals surface area contributed by atoms with Crippen LogP contribution in [0.1, 0.15) is 252 Å². The summed E-state index contributed by atoms with van der Waals surface area (Å²) >= 11 is 0. The van der Waals surface area contributed by atoms with Gasteiger partial charge in [0.25, 0.3) is 0 Å². The Bertz CT molecular complexity index is 679. The number of carbonyl (C=O) groups excluding carboxylic acids is 2. The average Bonchev–Trinajstić information content (AvgIpc) is 3.11. The Morgan fingerprint density at radius 2 is 0.780 bits per heavy atom. The van der Waals surface area contributed by atoms with Crippen LogP contribution in [0.25, 0.3) is 0 Å². The van der Waals surface area contributed by atoms with Gasteiger partial charge in [0.2, 0.25) is 0 Å². The van der Waals surface area contributed by atoms with E-state index in [-0.39, 0.29) is 24.6 Å². The number of ether oxygens (including phenoxy) is 2. The van der Waals surface area contributed by atoms with Crippen molar-refractivity contribution in [2.45, 2.75) is 258 Å². The maximum Gasteiger partial charge on any atom is 0.306 e. The van der Waals surface area contributed by atoms with Crippen molar-refractivity contribution in [1.29, 1.82) is 0 Å². The molecule has 0 saturated carbocycles. The highest BCUT2D eigenvalue weighted by molar-refractivity contribution is 5.69. The predicted molar refractivity (Wildman–Crippen MR) is 215 cm³/mol. The molecular formula is C45H88O5. The fraction of sp³-hybridized carbons (Fsp3) is 0.956. The number of aliphatic hydroxyl groups excluding tert-OH is 1. The molecular weight excluding hydrogens is 620 g/mol. The predicted octanol–water partition coefficient (Wildman–Crippen LogP) is 14.2. The molecule has 0 amide bonds. The number of unbranched alkanes of at least 4 members (excludes halogenated alkanes) is 24. The van der Waals surface area contributed by atoms with E-state index in [1.165, 1.54) is 154 Å². The Balaban J connectivity index is 3.96. The summed E-state index contributed by atoms with van der Waals surface area (Å²) in [6.45, 7) is 7.62. The average molecular weight is 709 g/mol. The zero-order chi connectivity index (χ0) is 36.6. The summed E-state index contributed by atoms with van der Waals surface area (Å²) in [5.74, 6) is 0.553. The van der Waals surface area contributed by atoms with Crippen LogP contribution in [-0.4, -0.2) is 36.4 Å². The molecule has 50 heavy (non-hydrogen) atoms. The van der Waals surface area contributed by atoms with Crippen LogP contribution in [0.15, 0.2) is 0 Å². The molecule has 0 aromatic rings. The number of esters is 2. The van der Waals surface area contributed by atoms with Crippen molar-refractivity contribution in [1.82, 2.24) is 0 Å². The fourth-order valence-electron chi connectivity index (χ4n) is 7.21. The minimum Gasteiger partial charge on any atom is -0.466 e. The highest BCUT2D eigenvalue weighted by atomic mass is 16.5. The zero-order valence-electron chi connectivity index (χ0n) is 34.1. The van der Waals surface area contributed by atoms with E-state index in [0.29, 0.717) is 25.4 Å². The van der Waals surface area contributed by atoms with Crippen molar-refractivity contribution in [3.8, 4) is 0 Å². The molecule has 1 N–H and O–H groups in total. The smallest absolute Gasteiger partial charge is 0.306 e. The van der Waals surface area contributed by atoms with Gasteiger partial charge in [0.1, 0.15) is 6.10 Å². The van der Waals surface area contributed by atoms with E-state index in [1.807, 2.05) is 0 Å². The van der Waals surface area contributed by atoms with Gasteiger partial charge in [-0.15, -0.1) is 0 Å². The summed E-state index contributed by atoms with van der Waals surface area (Å²) in [7, 11) is 0. The quantitative estimate of drug-likeness (QED) is 0.0505. The summed E-state index contributed by atoms with van der Waals surface area (Å²) < 4.78 is 11.5. The molecule has 0 fully saturated rings. The first-order valence-corrected chi connectivity index (χ1v) is 22.5. The van der Waals surface area contributed by atoms with E-state index in [9.17, 15) is 14.7 Å². The molecule has 1 unspecified atom stereocenters. The van der Waals surface area contributed by atoms with E-state index in [0.717, 1.165) is 64.2 Å². The van der Waals surface area contributed by atoms with Crippen LogP contribution in [0, 0.1) is 5.92 Å². The van der Waals surface area contributed by atoms with Gasteiger partial charge in [-0.3, -0.25) is 9.59 Å². The minimum atomic E-state index is -0.0362. The molecule has 0 rings (SSSR count). The normalized spacial score (nSPS) is 12.1. The van der Waals surface area contributed by atoms with E-state index in [4.69, 9.17) is 9.47 Å². The number of rotatable bonds is 41. The number of aliphatic hydroxyl groups is 1. The molecule has 0 heterocycles. The highest BCUT2D eigenvalue weighted by Gasteiger charge is 2.14. The summed E-state index contributed by atoms with van der Waals surface area (Å²) in [4.78, 5) is 24.8. The molecule has 0 aliphatic rings. The molecule has 5 heteroatoms. The van der Waals surface area contributed by atoms with Gasteiger partial charge in [0.15, 0.2) is 0 Å². The van der Waals surface area contributed by atoms with Crippen LogP contribution in [0.3, 0.4) is 0 Å². The van der Waals surface area contributed by atoms with Crippen molar-refractivity contribution in [3.63, 3.8) is 0 Å². The van der Waals surface area contributed by atoms with Gasteiger partial charge in [0, 0.05) is 19.4 Å². The third-order valence-electron chi connectivity index (χ3n) is 10.6. The van der Waals surface area contributed by atoms with Gasteiger partial charge < -0.3 is 14.6 Å². The highest BCUT2D eigenvalue weighted by Crippen LogP contribution is 2.22. The number of hydrogen-bond donors (Lipinski definition) is 1. The van der Waals surface area contributed by atoms with E-state index >= 15 is 0 Å². The third kappa shape index (κ3) is 36.7. The molecule has 298 valence electrons. The first-order chi connectivity index (χ1) is 24.6. The second-order valence-electron chi connectivity index (χ2n) is 15.6. The van der Waals surface area contributed by atoms with Gasteiger partial charge >= 0.3 is 11.9 Å². The molecule has 1 atom stereocenters. The van der Waals surface area contributed by atoms with Crippen LogP contribution < -0.4 is 0 Å².